The van der Waals surface area contributed by atoms with E-state index in [1.807, 2.05) is 6.92 Å². The molecule has 0 heterocycles. The van der Waals surface area contributed by atoms with Crippen molar-refractivity contribution in [3.05, 3.63) is 34.6 Å². The standard InChI is InChI=1S/C12H16Cl2FN/c1-9(13)3-2-6-16-8-10-7-11(15)4-5-12(10)14/h4-5,7,9,16H,2-3,6,8H2,1H3. The van der Waals surface area contributed by atoms with Crippen molar-refractivity contribution in [2.75, 3.05) is 6.54 Å². The molecule has 0 aliphatic heterocycles. The van der Waals surface area contributed by atoms with E-state index in [9.17, 15) is 4.39 Å². The summed E-state index contributed by atoms with van der Waals surface area (Å²) < 4.78 is 12.9. The largest absolute Gasteiger partial charge is 0.313 e. The smallest absolute Gasteiger partial charge is 0.123 e. The fourth-order valence-electron chi connectivity index (χ4n) is 1.41. The van der Waals surface area contributed by atoms with E-state index in [-0.39, 0.29) is 11.2 Å². The zero-order chi connectivity index (χ0) is 12.0. The molecule has 0 spiro atoms. The van der Waals surface area contributed by atoms with E-state index in [1.54, 1.807) is 6.07 Å². The van der Waals surface area contributed by atoms with Crippen molar-refractivity contribution in [1.29, 1.82) is 0 Å². The van der Waals surface area contributed by atoms with Gasteiger partial charge in [0, 0.05) is 16.9 Å². The summed E-state index contributed by atoms with van der Waals surface area (Å²) in [7, 11) is 0. The van der Waals surface area contributed by atoms with Crippen molar-refractivity contribution in [2.45, 2.75) is 31.7 Å². The maximum Gasteiger partial charge on any atom is 0.123 e. The summed E-state index contributed by atoms with van der Waals surface area (Å²) in [6.07, 6.45) is 1.99. The van der Waals surface area contributed by atoms with E-state index < -0.39 is 0 Å². The zero-order valence-electron chi connectivity index (χ0n) is 9.27. The first kappa shape index (κ1) is 13.8. The van der Waals surface area contributed by atoms with E-state index in [0.29, 0.717) is 11.6 Å². The van der Waals surface area contributed by atoms with Crippen molar-refractivity contribution >= 4 is 23.2 Å². The molecule has 1 atom stereocenters. The molecule has 1 aromatic rings. The van der Waals surface area contributed by atoms with Crippen LogP contribution in [0.3, 0.4) is 0 Å². The highest BCUT2D eigenvalue weighted by Gasteiger charge is 2.02. The van der Waals surface area contributed by atoms with Crippen molar-refractivity contribution in [3.63, 3.8) is 0 Å². The third-order valence-corrected chi connectivity index (χ3v) is 2.87. The van der Waals surface area contributed by atoms with Gasteiger partial charge >= 0.3 is 0 Å². The second-order valence-corrected chi connectivity index (χ2v) is 4.99. The predicted molar refractivity (Wildman–Crippen MR) is 67.7 cm³/mol. The first-order chi connectivity index (χ1) is 7.59. The molecule has 0 aliphatic rings. The molecule has 0 amide bonds. The average Bonchev–Trinajstić information content (AvgIpc) is 2.22. The van der Waals surface area contributed by atoms with Gasteiger partial charge in [-0.1, -0.05) is 11.6 Å². The fourth-order valence-corrected chi connectivity index (χ4v) is 1.75. The summed E-state index contributed by atoms with van der Waals surface area (Å²) in [5, 5.41) is 4.02. The summed E-state index contributed by atoms with van der Waals surface area (Å²) in [6.45, 7) is 3.43. The molecule has 4 heteroatoms. The molecule has 1 nitrogen and oxygen atoms in total. The maximum atomic E-state index is 12.9. The van der Waals surface area contributed by atoms with E-state index in [0.717, 1.165) is 24.9 Å². The third kappa shape index (κ3) is 5.15. The van der Waals surface area contributed by atoms with Crippen LogP contribution in [-0.2, 0) is 6.54 Å². The summed E-state index contributed by atoms with van der Waals surface area (Å²) >= 11 is 11.8. The molecule has 0 saturated carbocycles. The highest BCUT2D eigenvalue weighted by molar-refractivity contribution is 6.31. The molecule has 0 aliphatic carbocycles. The van der Waals surface area contributed by atoms with Gasteiger partial charge in [0.15, 0.2) is 0 Å². The summed E-state index contributed by atoms with van der Waals surface area (Å²) in [4.78, 5) is 0. The van der Waals surface area contributed by atoms with Crippen molar-refractivity contribution < 1.29 is 4.39 Å². The van der Waals surface area contributed by atoms with Crippen molar-refractivity contribution in [1.82, 2.24) is 5.32 Å². The van der Waals surface area contributed by atoms with Gasteiger partial charge in [0.25, 0.3) is 0 Å². The quantitative estimate of drug-likeness (QED) is 0.605. The van der Waals surface area contributed by atoms with Gasteiger partial charge in [-0.3, -0.25) is 0 Å². The second kappa shape index (κ2) is 7.10. The van der Waals surface area contributed by atoms with E-state index in [4.69, 9.17) is 23.2 Å². The van der Waals surface area contributed by atoms with Gasteiger partial charge in [-0.15, -0.1) is 11.6 Å². The lowest BCUT2D eigenvalue weighted by molar-refractivity contribution is 0.606. The lowest BCUT2D eigenvalue weighted by atomic mass is 10.2. The Kier molecular flexibility index (Phi) is 6.10. The van der Waals surface area contributed by atoms with E-state index >= 15 is 0 Å². The minimum absolute atomic E-state index is 0.208. The molecule has 16 heavy (non-hydrogen) atoms. The van der Waals surface area contributed by atoms with Crippen LogP contribution in [0.2, 0.25) is 5.02 Å². The molecule has 0 saturated heterocycles. The molecule has 90 valence electrons. The van der Waals surface area contributed by atoms with Crippen LogP contribution in [0.15, 0.2) is 18.2 Å². The lowest BCUT2D eigenvalue weighted by Gasteiger charge is -2.07. The van der Waals surface area contributed by atoms with Crippen LogP contribution >= 0.6 is 23.2 Å². The van der Waals surface area contributed by atoms with Crippen molar-refractivity contribution in [2.24, 2.45) is 0 Å². The highest BCUT2D eigenvalue weighted by Crippen LogP contribution is 2.16. The maximum absolute atomic E-state index is 12.9. The Labute approximate surface area is 106 Å². The highest BCUT2D eigenvalue weighted by atomic mass is 35.5. The Morgan fingerprint density at radius 1 is 1.44 bits per heavy atom. The van der Waals surface area contributed by atoms with Crippen molar-refractivity contribution in [3.8, 4) is 0 Å². The molecule has 1 rings (SSSR count). The second-order valence-electron chi connectivity index (χ2n) is 3.84. The van der Waals surface area contributed by atoms with Gasteiger partial charge in [0.1, 0.15) is 5.82 Å². The number of hydrogen-bond acceptors (Lipinski definition) is 1. The Morgan fingerprint density at radius 2 is 2.19 bits per heavy atom. The molecule has 0 radical (unpaired) electrons. The minimum Gasteiger partial charge on any atom is -0.313 e. The summed E-state index contributed by atoms with van der Waals surface area (Å²) in [5.74, 6) is -0.254. The van der Waals surface area contributed by atoms with Gasteiger partial charge in [0.05, 0.1) is 0 Å². The summed E-state index contributed by atoms with van der Waals surface area (Å²) in [5.41, 5.74) is 0.792. The number of hydrogen-bond donors (Lipinski definition) is 1. The molecule has 0 fully saturated rings. The van der Waals surface area contributed by atoms with Crippen LogP contribution in [-0.4, -0.2) is 11.9 Å². The molecule has 0 aromatic heterocycles. The number of benzene rings is 1. The normalized spacial score (nSPS) is 12.8. The van der Waals surface area contributed by atoms with Crippen LogP contribution in [0.1, 0.15) is 25.3 Å². The Balaban J connectivity index is 2.29. The molecule has 1 N–H and O–H groups in total. The van der Waals surface area contributed by atoms with Gasteiger partial charge in [0.2, 0.25) is 0 Å². The Morgan fingerprint density at radius 3 is 2.88 bits per heavy atom. The third-order valence-electron chi connectivity index (χ3n) is 2.28. The number of halogens is 3. The van der Waals surface area contributed by atoms with Crippen LogP contribution < -0.4 is 5.32 Å². The van der Waals surface area contributed by atoms with Crippen LogP contribution in [0, 0.1) is 5.82 Å². The van der Waals surface area contributed by atoms with Crippen LogP contribution in [0.25, 0.3) is 0 Å². The van der Waals surface area contributed by atoms with Crippen LogP contribution in [0.4, 0.5) is 4.39 Å². The Hall–Kier alpha value is -0.310. The SMILES string of the molecule is CC(Cl)CCCNCc1cc(F)ccc1Cl. The fraction of sp³-hybridized carbons (Fsp3) is 0.500. The lowest BCUT2D eigenvalue weighted by Crippen LogP contribution is -2.15. The molecule has 0 bridgehead atoms. The zero-order valence-corrected chi connectivity index (χ0v) is 10.8. The molecule has 1 unspecified atom stereocenters. The van der Waals surface area contributed by atoms with Gasteiger partial charge in [-0.2, -0.15) is 0 Å². The summed E-state index contributed by atoms with van der Waals surface area (Å²) in [6, 6.07) is 4.40. The van der Waals surface area contributed by atoms with Gasteiger partial charge in [-0.25, -0.2) is 4.39 Å². The van der Waals surface area contributed by atoms with E-state index in [1.165, 1.54) is 12.1 Å². The predicted octanol–water partition coefficient (Wildman–Crippen LogP) is 3.98. The monoisotopic (exact) mass is 263 g/mol. The average molecular weight is 264 g/mol. The van der Waals surface area contributed by atoms with Gasteiger partial charge in [-0.05, 0) is 50.1 Å². The number of alkyl halides is 1. The molecular weight excluding hydrogens is 248 g/mol. The minimum atomic E-state index is -0.254. The first-order valence-electron chi connectivity index (χ1n) is 5.38. The molecule has 1 aromatic carbocycles. The topological polar surface area (TPSA) is 12.0 Å². The number of nitrogens with one attached hydrogen (secondary N) is 1. The van der Waals surface area contributed by atoms with E-state index in [2.05, 4.69) is 5.32 Å². The van der Waals surface area contributed by atoms with Crippen LogP contribution in [0.5, 0.6) is 0 Å². The van der Waals surface area contributed by atoms with Gasteiger partial charge < -0.3 is 5.32 Å². The molecular formula is C12H16Cl2FN. The first-order valence-corrected chi connectivity index (χ1v) is 6.19. The Bertz CT molecular complexity index is 329. The number of rotatable bonds is 6.